The molecule has 3 N–H and O–H groups in total. The van der Waals surface area contributed by atoms with Gasteiger partial charge in [-0.2, -0.15) is 5.10 Å². The van der Waals surface area contributed by atoms with Crippen molar-refractivity contribution in [1.82, 2.24) is 14.8 Å². The highest BCUT2D eigenvalue weighted by atomic mass is 32.1. The molecular formula is C20H21N5O3S. The molecule has 2 amide bonds. The van der Waals surface area contributed by atoms with Crippen molar-refractivity contribution >= 4 is 35.4 Å². The van der Waals surface area contributed by atoms with Crippen molar-refractivity contribution in [2.24, 2.45) is 0 Å². The number of nitrogens with one attached hydrogen (secondary N) is 3. The van der Waals surface area contributed by atoms with Crippen LogP contribution in [0, 0.1) is 11.7 Å². The Bertz CT molecular complexity index is 1120. The first-order valence-electron chi connectivity index (χ1n) is 8.85. The number of carbonyl (C=O) groups is 2. The van der Waals surface area contributed by atoms with Crippen LogP contribution in [0.1, 0.15) is 12.5 Å². The lowest BCUT2D eigenvalue weighted by Gasteiger charge is -2.13. The van der Waals surface area contributed by atoms with Crippen LogP contribution in [0.15, 0.2) is 42.5 Å². The molecule has 0 saturated carbocycles. The van der Waals surface area contributed by atoms with Crippen LogP contribution >= 0.6 is 12.2 Å². The summed E-state index contributed by atoms with van der Waals surface area (Å²) in [5.74, 6) is 0.532. The summed E-state index contributed by atoms with van der Waals surface area (Å²) in [7, 11) is 1.51. The van der Waals surface area contributed by atoms with Crippen LogP contribution in [0.5, 0.6) is 5.75 Å². The normalized spacial score (nSPS) is 10.4. The topological polar surface area (TPSA) is 101 Å². The SMILES string of the molecule is COc1ccc(NC(C)=O)cc1NC(=O)Cn1c(-c2cccc(C)c2)n[nH]c1=S. The van der Waals surface area contributed by atoms with Gasteiger partial charge in [0.2, 0.25) is 11.8 Å². The summed E-state index contributed by atoms with van der Waals surface area (Å²) in [6.45, 7) is 3.36. The molecule has 0 fully saturated rings. The summed E-state index contributed by atoms with van der Waals surface area (Å²) in [6, 6.07) is 12.8. The number of H-pyrrole nitrogens is 1. The lowest BCUT2D eigenvalue weighted by Crippen LogP contribution is -2.20. The van der Waals surface area contributed by atoms with Crippen molar-refractivity contribution in [3.05, 3.63) is 52.8 Å². The number of ether oxygens (including phenoxy) is 1. The van der Waals surface area contributed by atoms with E-state index in [1.807, 2.05) is 31.2 Å². The smallest absolute Gasteiger partial charge is 0.244 e. The maximum Gasteiger partial charge on any atom is 0.244 e. The predicted octanol–water partition coefficient (Wildman–Crippen LogP) is 3.52. The molecule has 1 heterocycles. The number of aromatic amines is 1. The molecule has 29 heavy (non-hydrogen) atoms. The van der Waals surface area contributed by atoms with Gasteiger partial charge in [-0.1, -0.05) is 23.8 Å². The number of benzene rings is 2. The summed E-state index contributed by atoms with van der Waals surface area (Å²) in [4.78, 5) is 24.0. The molecule has 2 aromatic carbocycles. The van der Waals surface area contributed by atoms with Gasteiger partial charge in [-0.25, -0.2) is 0 Å². The van der Waals surface area contributed by atoms with Gasteiger partial charge in [-0.05, 0) is 43.4 Å². The van der Waals surface area contributed by atoms with Crippen LogP contribution in [0.3, 0.4) is 0 Å². The zero-order valence-corrected chi connectivity index (χ0v) is 17.1. The number of rotatable bonds is 6. The third-order valence-corrected chi connectivity index (χ3v) is 4.44. The summed E-state index contributed by atoms with van der Waals surface area (Å²) < 4.78 is 7.27. The maximum atomic E-state index is 12.7. The van der Waals surface area contributed by atoms with Gasteiger partial charge in [0.05, 0.1) is 12.8 Å². The van der Waals surface area contributed by atoms with E-state index in [0.29, 0.717) is 27.7 Å². The number of aryl methyl sites for hydroxylation is 1. The van der Waals surface area contributed by atoms with E-state index in [1.54, 1.807) is 22.8 Å². The van der Waals surface area contributed by atoms with Crippen molar-refractivity contribution in [1.29, 1.82) is 0 Å². The van der Waals surface area contributed by atoms with Gasteiger partial charge in [0.25, 0.3) is 0 Å². The van der Waals surface area contributed by atoms with E-state index >= 15 is 0 Å². The van der Waals surface area contributed by atoms with Gasteiger partial charge in [0.1, 0.15) is 12.3 Å². The van der Waals surface area contributed by atoms with Crippen LogP contribution < -0.4 is 15.4 Å². The number of aromatic nitrogens is 3. The average molecular weight is 411 g/mol. The van der Waals surface area contributed by atoms with Gasteiger partial charge in [0, 0.05) is 18.2 Å². The molecule has 150 valence electrons. The summed E-state index contributed by atoms with van der Waals surface area (Å²) >= 11 is 5.30. The minimum atomic E-state index is -0.310. The molecule has 0 aliphatic rings. The standard InChI is InChI=1S/C20H21N5O3S/c1-12-5-4-6-14(9-12)19-23-24-20(29)25(19)11-18(27)22-16-10-15(21-13(2)26)7-8-17(16)28-3/h4-10H,11H2,1-3H3,(H,21,26)(H,22,27)(H,24,29). The zero-order valence-electron chi connectivity index (χ0n) is 16.3. The largest absolute Gasteiger partial charge is 0.495 e. The first kappa shape index (κ1) is 20.3. The second-order valence-corrected chi connectivity index (χ2v) is 6.84. The Hall–Kier alpha value is -3.46. The van der Waals surface area contributed by atoms with Gasteiger partial charge < -0.3 is 15.4 Å². The van der Waals surface area contributed by atoms with E-state index in [2.05, 4.69) is 20.8 Å². The number of methoxy groups -OCH3 is 1. The first-order valence-corrected chi connectivity index (χ1v) is 9.26. The second kappa shape index (κ2) is 8.70. The van der Waals surface area contributed by atoms with Crippen molar-refractivity contribution < 1.29 is 14.3 Å². The molecule has 3 aromatic rings. The first-order chi connectivity index (χ1) is 13.9. The molecule has 0 unspecified atom stereocenters. The fraction of sp³-hybridized carbons (Fsp3) is 0.200. The molecule has 0 bridgehead atoms. The van der Waals surface area contributed by atoms with Gasteiger partial charge >= 0.3 is 0 Å². The van der Waals surface area contributed by atoms with E-state index in [0.717, 1.165) is 11.1 Å². The Morgan fingerprint density at radius 3 is 2.69 bits per heavy atom. The number of carbonyl (C=O) groups excluding carboxylic acids is 2. The summed E-state index contributed by atoms with van der Waals surface area (Å²) in [5.41, 5.74) is 2.92. The molecule has 9 heteroatoms. The summed E-state index contributed by atoms with van der Waals surface area (Å²) in [5, 5.41) is 12.5. The molecule has 0 aliphatic carbocycles. The highest BCUT2D eigenvalue weighted by Crippen LogP contribution is 2.28. The zero-order chi connectivity index (χ0) is 21.0. The van der Waals surface area contributed by atoms with E-state index in [-0.39, 0.29) is 18.4 Å². The molecule has 8 nitrogen and oxygen atoms in total. The monoisotopic (exact) mass is 411 g/mol. The molecule has 0 aliphatic heterocycles. The van der Waals surface area contributed by atoms with Gasteiger partial charge in [0.15, 0.2) is 10.6 Å². The molecule has 3 rings (SSSR count). The van der Waals surface area contributed by atoms with Gasteiger partial charge in [-0.15, -0.1) is 0 Å². The van der Waals surface area contributed by atoms with Crippen LogP contribution in [-0.2, 0) is 16.1 Å². The Labute approximate surface area is 172 Å². The molecule has 0 saturated heterocycles. The average Bonchev–Trinajstić information content (AvgIpc) is 3.02. The van der Waals surface area contributed by atoms with Crippen LogP contribution in [-0.4, -0.2) is 33.7 Å². The van der Waals surface area contributed by atoms with Crippen molar-refractivity contribution in [2.75, 3.05) is 17.7 Å². The minimum absolute atomic E-state index is 0.0356. The Kier molecular flexibility index (Phi) is 6.08. The molecule has 0 atom stereocenters. The maximum absolute atomic E-state index is 12.7. The fourth-order valence-corrected chi connectivity index (χ4v) is 3.09. The Morgan fingerprint density at radius 1 is 1.21 bits per heavy atom. The lowest BCUT2D eigenvalue weighted by atomic mass is 10.1. The number of hydrogen-bond acceptors (Lipinski definition) is 5. The number of nitrogens with zero attached hydrogens (tertiary/aromatic N) is 2. The predicted molar refractivity (Wildman–Crippen MR) is 114 cm³/mol. The highest BCUT2D eigenvalue weighted by molar-refractivity contribution is 7.71. The molecule has 0 radical (unpaired) electrons. The molecular weight excluding hydrogens is 390 g/mol. The quantitative estimate of drug-likeness (QED) is 0.539. The van der Waals surface area contributed by atoms with E-state index in [4.69, 9.17) is 17.0 Å². The van der Waals surface area contributed by atoms with Crippen LogP contribution in [0.4, 0.5) is 11.4 Å². The third-order valence-electron chi connectivity index (χ3n) is 4.13. The molecule has 0 spiro atoms. The van der Waals surface area contributed by atoms with Crippen molar-refractivity contribution in [3.63, 3.8) is 0 Å². The van der Waals surface area contributed by atoms with Crippen molar-refractivity contribution in [3.8, 4) is 17.1 Å². The molecule has 1 aromatic heterocycles. The number of amides is 2. The van der Waals surface area contributed by atoms with Crippen LogP contribution in [0.25, 0.3) is 11.4 Å². The highest BCUT2D eigenvalue weighted by Gasteiger charge is 2.15. The third kappa shape index (κ3) is 4.88. The van der Waals surface area contributed by atoms with E-state index in [1.165, 1.54) is 14.0 Å². The van der Waals surface area contributed by atoms with E-state index in [9.17, 15) is 9.59 Å². The van der Waals surface area contributed by atoms with Crippen LogP contribution in [0.2, 0.25) is 0 Å². The minimum Gasteiger partial charge on any atom is -0.495 e. The Balaban J connectivity index is 1.84. The number of anilines is 2. The number of hydrogen-bond donors (Lipinski definition) is 3. The fourth-order valence-electron chi connectivity index (χ4n) is 2.89. The summed E-state index contributed by atoms with van der Waals surface area (Å²) in [6.07, 6.45) is 0. The Morgan fingerprint density at radius 2 is 2.00 bits per heavy atom. The second-order valence-electron chi connectivity index (χ2n) is 6.45. The van der Waals surface area contributed by atoms with Gasteiger partial charge in [-0.3, -0.25) is 19.3 Å². The van der Waals surface area contributed by atoms with Crippen molar-refractivity contribution in [2.45, 2.75) is 20.4 Å². The lowest BCUT2D eigenvalue weighted by molar-refractivity contribution is -0.117. The van der Waals surface area contributed by atoms with E-state index < -0.39 is 0 Å².